The first kappa shape index (κ1) is 13.9. The number of nitrogens with one attached hydrogen (secondary N) is 2. The Bertz CT molecular complexity index is 535. The van der Waals surface area contributed by atoms with E-state index < -0.39 is 0 Å². The lowest BCUT2D eigenvalue weighted by molar-refractivity contribution is 0.379. The molecule has 2 rings (SSSR count). The standard InChI is InChI=1S/C12H17N7O/c1-3-6-13-10-16-11(18-12(17-10)20-2)14-8-9-5-4-7-15-19-9/h4-5,7H,3,6,8H2,1-2H3,(H2,13,14,16,17,18). The molecule has 0 amide bonds. The van der Waals surface area contributed by atoms with E-state index in [1.54, 1.807) is 6.20 Å². The van der Waals surface area contributed by atoms with Crippen molar-refractivity contribution >= 4 is 11.9 Å². The van der Waals surface area contributed by atoms with Gasteiger partial charge in [-0.3, -0.25) is 0 Å². The van der Waals surface area contributed by atoms with Crippen molar-refractivity contribution < 1.29 is 4.74 Å². The number of aromatic nitrogens is 5. The Kier molecular flexibility index (Phi) is 4.99. The minimum absolute atomic E-state index is 0.264. The quantitative estimate of drug-likeness (QED) is 0.775. The lowest BCUT2D eigenvalue weighted by atomic mass is 10.4. The predicted octanol–water partition coefficient (Wildman–Crippen LogP) is 1.10. The highest BCUT2D eigenvalue weighted by molar-refractivity contribution is 5.36. The lowest BCUT2D eigenvalue weighted by Crippen LogP contribution is -2.11. The Morgan fingerprint density at radius 2 is 1.95 bits per heavy atom. The molecule has 20 heavy (non-hydrogen) atoms. The number of rotatable bonds is 7. The third-order valence-electron chi connectivity index (χ3n) is 2.39. The molecule has 106 valence electrons. The fourth-order valence-electron chi connectivity index (χ4n) is 1.44. The molecule has 0 unspecified atom stereocenters. The minimum Gasteiger partial charge on any atom is -0.467 e. The van der Waals surface area contributed by atoms with Crippen LogP contribution in [0.2, 0.25) is 0 Å². The smallest absolute Gasteiger partial charge is 0.322 e. The SMILES string of the molecule is CCCNc1nc(NCc2cccnn2)nc(OC)n1. The van der Waals surface area contributed by atoms with Crippen molar-refractivity contribution in [3.8, 4) is 6.01 Å². The van der Waals surface area contributed by atoms with Crippen molar-refractivity contribution in [3.63, 3.8) is 0 Å². The van der Waals surface area contributed by atoms with E-state index in [4.69, 9.17) is 4.74 Å². The third kappa shape index (κ3) is 4.01. The third-order valence-corrected chi connectivity index (χ3v) is 2.39. The van der Waals surface area contributed by atoms with Crippen LogP contribution in [0.1, 0.15) is 19.0 Å². The van der Waals surface area contributed by atoms with E-state index in [1.165, 1.54) is 7.11 Å². The minimum atomic E-state index is 0.264. The summed E-state index contributed by atoms with van der Waals surface area (Å²) in [5.41, 5.74) is 0.801. The number of anilines is 2. The van der Waals surface area contributed by atoms with E-state index in [1.807, 2.05) is 12.1 Å². The monoisotopic (exact) mass is 275 g/mol. The Hall–Kier alpha value is -2.51. The lowest BCUT2D eigenvalue weighted by Gasteiger charge is -2.08. The van der Waals surface area contributed by atoms with Crippen molar-refractivity contribution in [2.24, 2.45) is 0 Å². The molecular formula is C12H17N7O. The van der Waals surface area contributed by atoms with Gasteiger partial charge >= 0.3 is 6.01 Å². The summed E-state index contributed by atoms with van der Waals surface area (Å²) in [7, 11) is 1.52. The molecule has 8 nitrogen and oxygen atoms in total. The van der Waals surface area contributed by atoms with Gasteiger partial charge in [-0.1, -0.05) is 6.92 Å². The molecule has 2 aromatic rings. The van der Waals surface area contributed by atoms with Crippen molar-refractivity contribution in [1.29, 1.82) is 0 Å². The van der Waals surface area contributed by atoms with Crippen molar-refractivity contribution in [3.05, 3.63) is 24.0 Å². The molecule has 0 aliphatic carbocycles. The molecule has 0 aliphatic heterocycles. The first-order valence-electron chi connectivity index (χ1n) is 6.36. The Morgan fingerprint density at radius 3 is 2.60 bits per heavy atom. The second-order valence-electron chi connectivity index (χ2n) is 3.96. The highest BCUT2D eigenvalue weighted by atomic mass is 16.5. The summed E-state index contributed by atoms with van der Waals surface area (Å²) in [4.78, 5) is 12.5. The van der Waals surface area contributed by atoms with Gasteiger partial charge in [0.1, 0.15) is 0 Å². The van der Waals surface area contributed by atoms with Gasteiger partial charge < -0.3 is 15.4 Å². The van der Waals surface area contributed by atoms with Crippen LogP contribution in [-0.4, -0.2) is 38.8 Å². The van der Waals surface area contributed by atoms with Crippen LogP contribution in [0, 0.1) is 0 Å². The molecular weight excluding hydrogens is 258 g/mol. The van der Waals surface area contributed by atoms with Crippen LogP contribution >= 0.6 is 0 Å². The zero-order valence-electron chi connectivity index (χ0n) is 11.5. The molecule has 2 aromatic heterocycles. The molecule has 0 bridgehead atoms. The van der Waals surface area contributed by atoms with E-state index in [-0.39, 0.29) is 6.01 Å². The normalized spacial score (nSPS) is 10.1. The largest absolute Gasteiger partial charge is 0.467 e. The second kappa shape index (κ2) is 7.17. The summed E-state index contributed by atoms with van der Waals surface area (Å²) < 4.78 is 5.06. The Labute approximate surface area is 117 Å². The maximum Gasteiger partial charge on any atom is 0.322 e. The molecule has 8 heteroatoms. The first-order chi connectivity index (χ1) is 9.81. The predicted molar refractivity (Wildman–Crippen MR) is 74.5 cm³/mol. The van der Waals surface area contributed by atoms with E-state index in [9.17, 15) is 0 Å². The summed E-state index contributed by atoms with van der Waals surface area (Å²) in [6.07, 6.45) is 2.61. The van der Waals surface area contributed by atoms with E-state index in [2.05, 4.69) is 42.7 Å². The van der Waals surface area contributed by atoms with Crippen molar-refractivity contribution in [1.82, 2.24) is 25.1 Å². The second-order valence-corrected chi connectivity index (χ2v) is 3.96. The summed E-state index contributed by atoms with van der Waals surface area (Å²) in [6, 6.07) is 3.96. The molecule has 2 heterocycles. The van der Waals surface area contributed by atoms with Crippen molar-refractivity contribution in [2.75, 3.05) is 24.3 Å². The zero-order valence-corrected chi connectivity index (χ0v) is 11.5. The van der Waals surface area contributed by atoms with Crippen LogP contribution < -0.4 is 15.4 Å². The molecule has 2 N–H and O–H groups in total. The summed E-state index contributed by atoms with van der Waals surface area (Å²) in [6.45, 7) is 3.34. The highest BCUT2D eigenvalue weighted by Crippen LogP contribution is 2.11. The van der Waals surface area contributed by atoms with Gasteiger partial charge in [0.05, 0.1) is 19.3 Å². The fraction of sp³-hybridized carbons (Fsp3) is 0.417. The number of hydrogen-bond donors (Lipinski definition) is 2. The summed E-state index contributed by atoms with van der Waals surface area (Å²) in [5.74, 6) is 0.918. The van der Waals surface area contributed by atoms with Crippen LogP contribution in [0.5, 0.6) is 6.01 Å². The van der Waals surface area contributed by atoms with Gasteiger partial charge in [0.25, 0.3) is 0 Å². The van der Waals surface area contributed by atoms with Gasteiger partial charge in [0.2, 0.25) is 11.9 Å². The summed E-state index contributed by atoms with van der Waals surface area (Å²) >= 11 is 0. The van der Waals surface area contributed by atoms with Crippen molar-refractivity contribution in [2.45, 2.75) is 19.9 Å². The number of ether oxygens (including phenoxy) is 1. The van der Waals surface area contributed by atoms with Gasteiger partial charge in [-0.25, -0.2) is 0 Å². The topological polar surface area (TPSA) is 97.7 Å². The van der Waals surface area contributed by atoms with E-state index >= 15 is 0 Å². The summed E-state index contributed by atoms with van der Waals surface area (Å²) in [5, 5.41) is 14.0. The van der Waals surface area contributed by atoms with Gasteiger partial charge in [-0.2, -0.15) is 25.1 Å². The highest BCUT2D eigenvalue weighted by Gasteiger charge is 2.06. The van der Waals surface area contributed by atoms with Gasteiger partial charge in [0.15, 0.2) is 0 Å². The number of nitrogens with zero attached hydrogens (tertiary/aromatic N) is 5. The average Bonchev–Trinajstić information content (AvgIpc) is 2.51. The Balaban J connectivity index is 2.06. The molecule has 0 aromatic carbocycles. The molecule has 0 atom stereocenters. The maximum atomic E-state index is 5.06. The van der Waals surface area contributed by atoms with Gasteiger partial charge in [-0.15, -0.1) is 0 Å². The van der Waals surface area contributed by atoms with E-state index in [0.29, 0.717) is 18.4 Å². The zero-order chi connectivity index (χ0) is 14.2. The molecule has 0 saturated carbocycles. The average molecular weight is 275 g/mol. The van der Waals surface area contributed by atoms with Crippen LogP contribution in [0.3, 0.4) is 0 Å². The fourth-order valence-corrected chi connectivity index (χ4v) is 1.44. The number of hydrogen-bond acceptors (Lipinski definition) is 8. The van der Waals surface area contributed by atoms with Crippen LogP contribution in [0.4, 0.5) is 11.9 Å². The van der Waals surface area contributed by atoms with Gasteiger partial charge in [-0.05, 0) is 18.6 Å². The van der Waals surface area contributed by atoms with Crippen LogP contribution in [-0.2, 0) is 6.54 Å². The molecule has 0 aliphatic rings. The van der Waals surface area contributed by atoms with Crippen LogP contribution in [0.25, 0.3) is 0 Å². The van der Waals surface area contributed by atoms with Crippen LogP contribution in [0.15, 0.2) is 18.3 Å². The molecule has 0 saturated heterocycles. The Morgan fingerprint density at radius 1 is 1.15 bits per heavy atom. The molecule has 0 spiro atoms. The first-order valence-corrected chi connectivity index (χ1v) is 6.36. The van der Waals surface area contributed by atoms with Gasteiger partial charge in [0, 0.05) is 12.7 Å². The maximum absolute atomic E-state index is 5.06. The molecule has 0 radical (unpaired) electrons. The van der Waals surface area contributed by atoms with E-state index in [0.717, 1.165) is 18.7 Å². The molecule has 0 fully saturated rings. The number of methoxy groups -OCH3 is 1.